The van der Waals surface area contributed by atoms with E-state index in [2.05, 4.69) is 38.1 Å². The Hall–Kier alpha value is -4.87. The van der Waals surface area contributed by atoms with Crippen LogP contribution in [0.4, 0.5) is 11.4 Å². The number of carbonyl (C=O) groups excluding carboxylic acids is 4. The van der Waals surface area contributed by atoms with Crippen molar-refractivity contribution < 1.29 is 19.2 Å². The number of nitrogens with zero attached hydrogens (tertiary/aromatic N) is 5. The minimum absolute atomic E-state index is 0.183. The van der Waals surface area contributed by atoms with Crippen molar-refractivity contribution in [3.05, 3.63) is 77.6 Å². The summed E-state index contributed by atoms with van der Waals surface area (Å²) in [6, 6.07) is 11.5. The number of hydrogen-bond acceptors (Lipinski definition) is 8. The molecule has 1 saturated heterocycles. The summed E-state index contributed by atoms with van der Waals surface area (Å²) in [5.41, 5.74) is 2.75. The molecule has 2 aromatic carbocycles. The number of aromatic nitrogens is 4. The van der Waals surface area contributed by atoms with Crippen molar-refractivity contribution in [2.24, 2.45) is 0 Å². The number of tetrazole rings is 1. The van der Waals surface area contributed by atoms with Crippen molar-refractivity contribution >= 4 is 35.0 Å². The highest BCUT2D eigenvalue weighted by molar-refractivity contribution is 6.08. The van der Waals surface area contributed by atoms with Crippen LogP contribution in [0.3, 0.4) is 0 Å². The van der Waals surface area contributed by atoms with Crippen LogP contribution in [-0.4, -0.2) is 54.8 Å². The van der Waals surface area contributed by atoms with E-state index in [0.717, 1.165) is 11.1 Å². The number of carbonyl (C=O) groups is 4. The summed E-state index contributed by atoms with van der Waals surface area (Å²) in [5.74, 6) is -0.872. The van der Waals surface area contributed by atoms with Gasteiger partial charge in [-0.15, -0.1) is 5.10 Å². The molecule has 3 aromatic rings. The molecule has 2 aliphatic rings. The minimum Gasteiger partial charge on any atom is -0.371 e. The Kier molecular flexibility index (Phi) is 6.92. The van der Waals surface area contributed by atoms with Gasteiger partial charge in [-0.25, -0.2) is 4.68 Å². The minimum atomic E-state index is -0.715. The molecule has 0 bridgehead atoms. The van der Waals surface area contributed by atoms with Gasteiger partial charge in [0.05, 0.1) is 11.1 Å². The Bertz CT molecular complexity index is 1510. The third kappa shape index (κ3) is 5.07. The average molecular weight is 543 g/mol. The molecule has 0 saturated carbocycles. The lowest BCUT2D eigenvalue weighted by Crippen LogP contribution is -2.52. The Balaban J connectivity index is 1.51. The van der Waals surface area contributed by atoms with E-state index in [1.54, 1.807) is 16.8 Å². The van der Waals surface area contributed by atoms with Crippen molar-refractivity contribution in [2.45, 2.75) is 57.8 Å². The van der Waals surface area contributed by atoms with Crippen molar-refractivity contribution in [3.63, 3.8) is 0 Å². The zero-order valence-electron chi connectivity index (χ0n) is 22.5. The maximum atomic E-state index is 13.7. The summed E-state index contributed by atoms with van der Waals surface area (Å²) in [6.45, 7) is 9.70. The van der Waals surface area contributed by atoms with E-state index in [-0.39, 0.29) is 37.1 Å². The smallest absolute Gasteiger partial charge is 0.257 e. The van der Waals surface area contributed by atoms with E-state index in [9.17, 15) is 19.2 Å². The zero-order chi connectivity index (χ0) is 28.6. The highest BCUT2D eigenvalue weighted by atomic mass is 16.2. The number of imide groups is 1. The van der Waals surface area contributed by atoms with E-state index < -0.39 is 23.5 Å². The third-order valence-electron chi connectivity index (χ3n) is 6.94. The Morgan fingerprint density at radius 3 is 2.58 bits per heavy atom. The van der Waals surface area contributed by atoms with E-state index in [0.29, 0.717) is 22.8 Å². The normalized spacial score (nSPS) is 17.7. The molecule has 206 valence electrons. The van der Waals surface area contributed by atoms with Crippen LogP contribution in [0.25, 0.3) is 0 Å². The molecule has 0 radical (unpaired) electrons. The van der Waals surface area contributed by atoms with Crippen LogP contribution in [-0.2, 0) is 26.5 Å². The van der Waals surface area contributed by atoms with E-state index in [4.69, 9.17) is 0 Å². The number of benzene rings is 2. The van der Waals surface area contributed by atoms with Gasteiger partial charge < -0.3 is 15.5 Å². The number of amides is 4. The molecule has 1 fully saturated rings. The van der Waals surface area contributed by atoms with Crippen molar-refractivity contribution in [2.75, 3.05) is 10.6 Å². The van der Waals surface area contributed by atoms with E-state index >= 15 is 0 Å². The molecular formula is C28H30N8O4. The molecule has 3 N–H and O–H groups in total. The molecule has 40 heavy (non-hydrogen) atoms. The summed E-state index contributed by atoms with van der Waals surface area (Å²) >= 11 is 0. The molecule has 12 heteroatoms. The Labute approximate surface area is 230 Å². The molecule has 2 atom stereocenters. The lowest BCUT2D eigenvalue weighted by atomic mass is 10.0. The number of nitrogens with one attached hydrogen (secondary N) is 3. The fourth-order valence-electron chi connectivity index (χ4n) is 4.99. The highest BCUT2D eigenvalue weighted by Crippen LogP contribution is 2.36. The molecule has 2 unspecified atom stereocenters. The second-order valence-corrected chi connectivity index (χ2v) is 10.8. The molecule has 0 spiro atoms. The third-order valence-corrected chi connectivity index (χ3v) is 6.94. The second kappa shape index (κ2) is 10.4. The van der Waals surface area contributed by atoms with Gasteiger partial charge in [-0.3, -0.25) is 24.5 Å². The summed E-state index contributed by atoms with van der Waals surface area (Å²) in [4.78, 5) is 51.1. The quantitative estimate of drug-likeness (QED) is 0.304. The topological polar surface area (TPSA) is 151 Å². The van der Waals surface area contributed by atoms with Gasteiger partial charge in [0.1, 0.15) is 12.1 Å². The first kappa shape index (κ1) is 26.7. The molecule has 0 aliphatic carbocycles. The zero-order valence-corrected chi connectivity index (χ0v) is 22.5. The van der Waals surface area contributed by atoms with Gasteiger partial charge in [-0.1, -0.05) is 30.8 Å². The molecule has 1 aromatic heterocycles. The Morgan fingerprint density at radius 1 is 1.15 bits per heavy atom. The standard InChI is InChI=1S/C28H30N8O4/c1-5-21(37)29-18-11-9-16(10-12-18)24(25-32-33-34-36(25)28(2,3)4)30-19-8-6-7-17-15-35(27(40)23(17)19)20-13-14-22(38)31-26(20)39/h5-12,20,24,30H,1,13-15H2,2-4H3,(H,29,37)(H,31,38,39). The summed E-state index contributed by atoms with van der Waals surface area (Å²) in [5, 5.41) is 21.0. The molecule has 3 heterocycles. The van der Waals surface area contributed by atoms with Gasteiger partial charge in [0.25, 0.3) is 5.91 Å². The van der Waals surface area contributed by atoms with Crippen LogP contribution < -0.4 is 16.0 Å². The van der Waals surface area contributed by atoms with Crippen molar-refractivity contribution in [3.8, 4) is 0 Å². The van der Waals surface area contributed by atoms with Crippen molar-refractivity contribution in [1.29, 1.82) is 0 Å². The van der Waals surface area contributed by atoms with Gasteiger partial charge in [-0.05, 0) is 73.0 Å². The van der Waals surface area contributed by atoms with Crippen LogP contribution in [0.2, 0.25) is 0 Å². The number of hydrogen-bond donors (Lipinski definition) is 3. The Morgan fingerprint density at radius 2 is 1.90 bits per heavy atom. The monoisotopic (exact) mass is 542 g/mol. The van der Waals surface area contributed by atoms with Crippen LogP contribution >= 0.6 is 0 Å². The average Bonchev–Trinajstić information content (AvgIpc) is 3.53. The van der Waals surface area contributed by atoms with Gasteiger partial charge in [0, 0.05) is 24.3 Å². The number of piperidine rings is 1. The number of rotatable bonds is 7. The number of fused-ring (bicyclic) bond motifs is 1. The summed E-state index contributed by atoms with van der Waals surface area (Å²) in [6.07, 6.45) is 1.66. The van der Waals surface area contributed by atoms with Gasteiger partial charge >= 0.3 is 0 Å². The largest absolute Gasteiger partial charge is 0.371 e. The van der Waals surface area contributed by atoms with Crippen LogP contribution in [0, 0.1) is 0 Å². The van der Waals surface area contributed by atoms with Crippen LogP contribution in [0.5, 0.6) is 0 Å². The maximum Gasteiger partial charge on any atom is 0.257 e. The predicted molar refractivity (Wildman–Crippen MR) is 146 cm³/mol. The second-order valence-electron chi connectivity index (χ2n) is 10.8. The van der Waals surface area contributed by atoms with Gasteiger partial charge in [0.15, 0.2) is 5.82 Å². The fraction of sp³-hybridized carbons (Fsp3) is 0.321. The molecule has 4 amide bonds. The highest BCUT2D eigenvalue weighted by Gasteiger charge is 2.40. The molecule has 2 aliphatic heterocycles. The lowest BCUT2D eigenvalue weighted by molar-refractivity contribution is -0.137. The SMILES string of the molecule is C=CC(=O)Nc1ccc(C(Nc2cccc3c2C(=O)N(C2CCC(=O)NC2=O)C3)c2nnnn2C(C)(C)C)cc1. The lowest BCUT2D eigenvalue weighted by Gasteiger charge is -2.29. The van der Waals surface area contributed by atoms with E-state index in [1.807, 2.05) is 51.1 Å². The van der Waals surface area contributed by atoms with Crippen molar-refractivity contribution in [1.82, 2.24) is 30.4 Å². The first-order valence-corrected chi connectivity index (χ1v) is 12.9. The maximum absolute atomic E-state index is 13.7. The number of anilines is 2. The van der Waals surface area contributed by atoms with Crippen LogP contribution in [0.1, 0.15) is 67.0 Å². The molecule has 5 rings (SSSR count). The van der Waals surface area contributed by atoms with E-state index in [1.165, 1.54) is 11.0 Å². The van der Waals surface area contributed by atoms with Gasteiger partial charge in [0.2, 0.25) is 17.7 Å². The summed E-state index contributed by atoms with van der Waals surface area (Å²) < 4.78 is 1.72. The summed E-state index contributed by atoms with van der Waals surface area (Å²) in [7, 11) is 0. The first-order valence-electron chi connectivity index (χ1n) is 12.9. The van der Waals surface area contributed by atoms with Gasteiger partial charge in [-0.2, -0.15) is 0 Å². The predicted octanol–water partition coefficient (Wildman–Crippen LogP) is 2.52. The fourth-order valence-corrected chi connectivity index (χ4v) is 4.99. The van der Waals surface area contributed by atoms with Crippen LogP contribution in [0.15, 0.2) is 55.1 Å². The molecule has 12 nitrogen and oxygen atoms in total. The molecular weight excluding hydrogens is 512 g/mol. The first-order chi connectivity index (χ1) is 19.1.